The van der Waals surface area contributed by atoms with E-state index >= 15 is 0 Å². The van der Waals surface area contributed by atoms with Crippen molar-refractivity contribution in [2.75, 3.05) is 0 Å². The van der Waals surface area contributed by atoms with Gasteiger partial charge >= 0.3 is 0 Å². The number of primary amides is 1. The van der Waals surface area contributed by atoms with Crippen LogP contribution in [0.1, 0.15) is 23.1 Å². The molecule has 0 saturated heterocycles. The Hall–Kier alpha value is -0.830. The zero-order valence-corrected chi connectivity index (χ0v) is 9.43. The lowest BCUT2D eigenvalue weighted by Gasteiger charge is -2.06. The summed E-state index contributed by atoms with van der Waals surface area (Å²) in [6, 6.07) is 4.23. The molecule has 0 radical (unpaired) electrons. The number of benzene rings is 1. The van der Waals surface area contributed by atoms with Gasteiger partial charge in [0.2, 0.25) is 5.91 Å². The highest BCUT2D eigenvalue weighted by atomic mass is 79.9. The largest absolute Gasteiger partial charge is 0.369 e. The lowest BCUT2D eigenvalue weighted by atomic mass is 10.0. The molecular weight excluding hydrogens is 242 g/mol. The van der Waals surface area contributed by atoms with Gasteiger partial charge < -0.3 is 5.73 Å². The lowest BCUT2D eigenvalue weighted by molar-refractivity contribution is -0.117. The van der Waals surface area contributed by atoms with Crippen molar-refractivity contribution < 1.29 is 4.79 Å². The second kappa shape index (κ2) is 3.73. The maximum atomic E-state index is 10.8. The minimum Gasteiger partial charge on any atom is -0.369 e. The Bertz CT molecular complexity index is 387. The van der Waals surface area contributed by atoms with Gasteiger partial charge in [-0.05, 0) is 42.0 Å². The number of nitrogens with two attached hydrogens (primary N) is 1. The van der Waals surface area contributed by atoms with E-state index in [0.717, 1.165) is 22.9 Å². The van der Waals surface area contributed by atoms with Gasteiger partial charge in [-0.2, -0.15) is 0 Å². The van der Waals surface area contributed by atoms with Crippen LogP contribution in [0.15, 0.2) is 16.6 Å². The van der Waals surface area contributed by atoms with E-state index in [0.29, 0.717) is 6.42 Å². The molecule has 0 heterocycles. The Morgan fingerprint density at radius 3 is 2.64 bits per heavy atom. The van der Waals surface area contributed by atoms with Crippen molar-refractivity contribution in [3.8, 4) is 0 Å². The molecule has 0 aliphatic heterocycles. The number of aryl methyl sites for hydroxylation is 2. The van der Waals surface area contributed by atoms with Gasteiger partial charge in [-0.3, -0.25) is 4.79 Å². The van der Waals surface area contributed by atoms with Crippen LogP contribution in [0.5, 0.6) is 0 Å². The predicted octanol–water partition coefficient (Wildman–Crippen LogP) is 1.97. The molecular formula is C11H12BrNO. The van der Waals surface area contributed by atoms with Gasteiger partial charge in [0.15, 0.2) is 0 Å². The summed E-state index contributed by atoms with van der Waals surface area (Å²) < 4.78 is 1.01. The average Bonchev–Trinajstić information content (AvgIpc) is 2.51. The van der Waals surface area contributed by atoms with E-state index in [2.05, 4.69) is 28.1 Å². The summed E-state index contributed by atoms with van der Waals surface area (Å²) in [5.74, 6) is -0.274. The fourth-order valence-electron chi connectivity index (χ4n) is 1.97. The number of carbonyl (C=O) groups is 1. The second-order valence-corrected chi connectivity index (χ2v) is 4.56. The number of hydrogen-bond acceptors (Lipinski definition) is 1. The van der Waals surface area contributed by atoms with Gasteiger partial charge in [0, 0.05) is 4.47 Å². The third-order valence-electron chi connectivity index (χ3n) is 2.63. The quantitative estimate of drug-likeness (QED) is 0.861. The minimum absolute atomic E-state index is 0.274. The van der Waals surface area contributed by atoms with Crippen molar-refractivity contribution in [1.82, 2.24) is 0 Å². The van der Waals surface area contributed by atoms with E-state index in [1.54, 1.807) is 0 Å². The molecule has 0 spiro atoms. The van der Waals surface area contributed by atoms with Crippen molar-refractivity contribution in [2.24, 2.45) is 5.73 Å². The van der Waals surface area contributed by atoms with Gasteiger partial charge in [-0.1, -0.05) is 22.0 Å². The molecule has 1 aliphatic carbocycles. The molecule has 1 amide bonds. The van der Waals surface area contributed by atoms with Crippen LogP contribution in [-0.4, -0.2) is 5.91 Å². The number of hydrogen-bond donors (Lipinski definition) is 1. The van der Waals surface area contributed by atoms with Gasteiger partial charge in [0.1, 0.15) is 0 Å². The van der Waals surface area contributed by atoms with E-state index in [4.69, 9.17) is 5.73 Å². The Morgan fingerprint density at radius 2 is 2.00 bits per heavy atom. The molecule has 1 aromatic rings. The first-order chi connectivity index (χ1) is 6.66. The average molecular weight is 254 g/mol. The highest BCUT2D eigenvalue weighted by Gasteiger charge is 2.14. The number of carbonyl (C=O) groups excluding carboxylic acids is 1. The van der Waals surface area contributed by atoms with Crippen LogP contribution in [0, 0.1) is 0 Å². The van der Waals surface area contributed by atoms with Crippen molar-refractivity contribution in [2.45, 2.75) is 25.7 Å². The van der Waals surface area contributed by atoms with Crippen molar-refractivity contribution >= 4 is 21.8 Å². The number of fused-ring (bicyclic) bond motifs is 1. The molecule has 0 saturated carbocycles. The van der Waals surface area contributed by atoms with Crippen LogP contribution in [0.2, 0.25) is 0 Å². The highest BCUT2D eigenvalue weighted by Crippen LogP contribution is 2.28. The Kier molecular flexibility index (Phi) is 2.59. The summed E-state index contributed by atoms with van der Waals surface area (Å²) in [7, 11) is 0. The van der Waals surface area contributed by atoms with Gasteiger partial charge in [-0.15, -0.1) is 0 Å². The van der Waals surface area contributed by atoms with E-state index in [9.17, 15) is 4.79 Å². The molecule has 0 bridgehead atoms. The first-order valence-electron chi connectivity index (χ1n) is 4.75. The van der Waals surface area contributed by atoms with Gasteiger partial charge in [-0.25, -0.2) is 0 Å². The Labute approximate surface area is 91.6 Å². The molecule has 74 valence electrons. The first kappa shape index (κ1) is 9.71. The normalized spacial score (nSPS) is 14.1. The molecule has 0 atom stereocenters. The van der Waals surface area contributed by atoms with Crippen LogP contribution in [-0.2, 0) is 24.1 Å². The van der Waals surface area contributed by atoms with Crippen molar-refractivity contribution in [1.29, 1.82) is 0 Å². The summed E-state index contributed by atoms with van der Waals surface area (Å²) in [6.07, 6.45) is 3.84. The van der Waals surface area contributed by atoms with E-state index in [1.807, 2.05) is 0 Å². The van der Waals surface area contributed by atoms with Crippen LogP contribution in [0.3, 0.4) is 0 Å². The molecule has 0 fully saturated rings. The Morgan fingerprint density at radius 1 is 1.36 bits per heavy atom. The molecule has 2 N–H and O–H groups in total. The molecule has 14 heavy (non-hydrogen) atoms. The van der Waals surface area contributed by atoms with Crippen LogP contribution >= 0.6 is 15.9 Å². The molecule has 0 aromatic heterocycles. The van der Waals surface area contributed by atoms with Gasteiger partial charge in [0.05, 0.1) is 6.42 Å². The maximum Gasteiger partial charge on any atom is 0.221 e. The monoisotopic (exact) mass is 253 g/mol. The fourth-order valence-corrected chi connectivity index (χ4v) is 2.50. The molecule has 3 heteroatoms. The molecule has 0 unspecified atom stereocenters. The first-order valence-corrected chi connectivity index (χ1v) is 5.54. The minimum atomic E-state index is -0.274. The standard InChI is InChI=1S/C11H12BrNO/c12-10-5-8-3-1-2-7(8)4-9(10)6-11(13)14/h4-5H,1-3,6H2,(H2,13,14). The van der Waals surface area contributed by atoms with Gasteiger partial charge in [0.25, 0.3) is 0 Å². The fraction of sp³-hybridized carbons (Fsp3) is 0.364. The number of rotatable bonds is 2. The van der Waals surface area contributed by atoms with Crippen LogP contribution in [0.25, 0.3) is 0 Å². The molecule has 2 rings (SSSR count). The zero-order valence-electron chi connectivity index (χ0n) is 7.85. The maximum absolute atomic E-state index is 10.8. The van der Waals surface area contributed by atoms with Crippen LogP contribution < -0.4 is 5.73 Å². The van der Waals surface area contributed by atoms with E-state index in [1.165, 1.54) is 17.5 Å². The number of halogens is 1. The molecule has 2 nitrogen and oxygen atoms in total. The summed E-state index contributed by atoms with van der Waals surface area (Å²) in [6.45, 7) is 0. The van der Waals surface area contributed by atoms with Crippen molar-refractivity contribution in [3.05, 3.63) is 33.3 Å². The van der Waals surface area contributed by atoms with E-state index in [-0.39, 0.29) is 5.91 Å². The van der Waals surface area contributed by atoms with Crippen molar-refractivity contribution in [3.63, 3.8) is 0 Å². The smallest absolute Gasteiger partial charge is 0.221 e. The lowest BCUT2D eigenvalue weighted by Crippen LogP contribution is -2.14. The predicted molar refractivity (Wildman–Crippen MR) is 59.1 cm³/mol. The third kappa shape index (κ3) is 1.82. The summed E-state index contributed by atoms with van der Waals surface area (Å²) >= 11 is 3.47. The number of amides is 1. The second-order valence-electron chi connectivity index (χ2n) is 3.71. The summed E-state index contributed by atoms with van der Waals surface area (Å²) in [4.78, 5) is 10.8. The molecule has 1 aliphatic rings. The third-order valence-corrected chi connectivity index (χ3v) is 3.36. The summed E-state index contributed by atoms with van der Waals surface area (Å²) in [5, 5.41) is 0. The SMILES string of the molecule is NC(=O)Cc1cc2c(cc1Br)CCC2. The highest BCUT2D eigenvalue weighted by molar-refractivity contribution is 9.10. The summed E-state index contributed by atoms with van der Waals surface area (Å²) in [5.41, 5.74) is 8.98. The van der Waals surface area contributed by atoms with Crippen LogP contribution in [0.4, 0.5) is 0 Å². The van der Waals surface area contributed by atoms with E-state index < -0.39 is 0 Å². The topological polar surface area (TPSA) is 43.1 Å². The Balaban J connectivity index is 2.37. The zero-order chi connectivity index (χ0) is 10.1. The molecule has 1 aromatic carbocycles.